The number of anilines is 1. The summed E-state index contributed by atoms with van der Waals surface area (Å²) in [6, 6.07) is 7.59. The van der Waals surface area contributed by atoms with E-state index in [1.165, 1.54) is 17.3 Å². The predicted molar refractivity (Wildman–Crippen MR) is 256 cm³/mol. The van der Waals surface area contributed by atoms with Crippen LogP contribution in [-0.2, 0) is 49.4 Å². The first-order valence-corrected chi connectivity index (χ1v) is 24.1. The molecule has 0 bridgehead atoms. The topological polar surface area (TPSA) is 254 Å². The Morgan fingerprint density at radius 2 is 1.43 bits per heavy atom. The second kappa shape index (κ2) is 28.9. The van der Waals surface area contributed by atoms with Gasteiger partial charge in [0.1, 0.15) is 12.1 Å². The molecule has 0 radical (unpaired) electrons. The highest BCUT2D eigenvalue weighted by molar-refractivity contribution is 7.13. The van der Waals surface area contributed by atoms with Gasteiger partial charge in [0, 0.05) is 51.3 Å². The Bertz CT molecular complexity index is 2030. The summed E-state index contributed by atoms with van der Waals surface area (Å²) in [4.78, 5) is 79.2. The van der Waals surface area contributed by atoms with E-state index in [0.29, 0.717) is 26.2 Å². The molecule has 3 heterocycles. The lowest BCUT2D eigenvalue weighted by Gasteiger charge is -2.35. The molecule has 0 saturated carbocycles. The Hall–Kier alpha value is -4.45. The van der Waals surface area contributed by atoms with Crippen molar-refractivity contribution >= 4 is 81.8 Å². The Kier molecular flexibility index (Phi) is 23.9. The van der Waals surface area contributed by atoms with E-state index in [1.54, 1.807) is 22.9 Å². The molecule has 24 heteroatoms. The quantitative estimate of drug-likeness (QED) is 0.0343. The Balaban J connectivity index is 0.987. The Morgan fingerprint density at radius 3 is 2.00 bits per heavy atom. The first-order valence-electron chi connectivity index (χ1n) is 22.1. The van der Waals surface area contributed by atoms with Crippen molar-refractivity contribution in [3.8, 4) is 10.4 Å². The van der Waals surface area contributed by atoms with E-state index in [2.05, 4.69) is 41.5 Å². The summed E-state index contributed by atoms with van der Waals surface area (Å²) in [5.41, 5.74) is 3.99. The molecule has 4 rings (SSSR count). The maximum absolute atomic E-state index is 13.9. The molecule has 1 fully saturated rings. The zero-order valence-corrected chi connectivity index (χ0v) is 41.7. The van der Waals surface area contributed by atoms with Gasteiger partial charge in [-0.3, -0.25) is 24.5 Å². The number of alkyl carbamates (subject to hydrolysis) is 1. The summed E-state index contributed by atoms with van der Waals surface area (Å²) < 4.78 is 25.2. The molecule has 68 heavy (non-hydrogen) atoms. The summed E-state index contributed by atoms with van der Waals surface area (Å²) in [5.74, 6) is -1.30. The minimum Gasteiger partial charge on any atom is -0.449 e. The van der Waals surface area contributed by atoms with Crippen LogP contribution in [0.4, 0.5) is 10.7 Å². The van der Waals surface area contributed by atoms with Gasteiger partial charge in [-0.2, -0.15) is 0 Å². The number of thiazole rings is 1. The predicted octanol–water partition coefficient (Wildman–Crippen LogP) is 3.90. The summed E-state index contributed by atoms with van der Waals surface area (Å²) in [7, 11) is 0. The number of likely N-dealkylation sites (tertiary alicyclic amines) is 1. The number of carbonyl (C=O) groups is 5. The van der Waals surface area contributed by atoms with Gasteiger partial charge in [-0.05, 0) is 36.0 Å². The molecule has 6 N–H and O–H groups in total. The maximum Gasteiger partial charge on any atom is 0.408 e. The van der Waals surface area contributed by atoms with Gasteiger partial charge in [-0.1, -0.05) is 79.8 Å². The third-order valence-corrected chi connectivity index (χ3v) is 11.7. The second-order valence-electron chi connectivity index (χ2n) is 16.6. The van der Waals surface area contributed by atoms with Crippen molar-refractivity contribution < 1.29 is 52.8 Å². The second-order valence-corrected chi connectivity index (χ2v) is 19.8. The fraction of sp³-hybridized carbons (Fsp3) is 0.591. The maximum atomic E-state index is 13.9. The molecule has 0 aliphatic carbocycles. The number of aliphatic hydroxyl groups excluding tert-OH is 1. The fourth-order valence-corrected chi connectivity index (χ4v) is 7.66. The molecule has 0 spiro atoms. The number of benzene rings is 1. The van der Waals surface area contributed by atoms with Gasteiger partial charge in [0.25, 0.3) is 0 Å². The standard InChI is InChI=1S/C44H62Cl3N9O11S/c1-29-36(68-28-52-29)31-9-7-30(8-10-31)26-51-38(60)33-25-32(57)27-56(33)39(61)37(43(2,3)4)53-35(59)12-18-64-20-22-66-24-23-65-21-19-63-17-11-34(58)48-15-6-16-67-42(62)55-40(44(45,46)47)54-41-49-13-5-14-50-41/h5,7-10,13-14,28,32-33,37,40,57H,6,11-12,15-27H2,1-4H3,(H,48,58)(H,51,60)(H,53,59)(H,55,62)(H,49,50,54)/t32-,33+,37-,40?/m1/s1. The number of halogens is 3. The number of carbonyl (C=O) groups excluding carboxylic acids is 5. The van der Waals surface area contributed by atoms with Crippen LogP contribution in [0.2, 0.25) is 0 Å². The Morgan fingerprint density at radius 1 is 0.824 bits per heavy atom. The largest absolute Gasteiger partial charge is 0.449 e. The monoisotopic (exact) mass is 1030 g/mol. The normalized spacial score (nSPS) is 15.9. The van der Waals surface area contributed by atoms with E-state index in [4.69, 9.17) is 58.5 Å². The smallest absolute Gasteiger partial charge is 0.408 e. The van der Waals surface area contributed by atoms with Crippen LogP contribution in [0.5, 0.6) is 0 Å². The summed E-state index contributed by atoms with van der Waals surface area (Å²) in [6.07, 6.45) is 0.627. The summed E-state index contributed by atoms with van der Waals surface area (Å²) >= 11 is 19.4. The molecule has 3 aromatic rings. The fourth-order valence-electron chi connectivity index (χ4n) is 6.52. The number of hydrogen-bond donors (Lipinski definition) is 6. The van der Waals surface area contributed by atoms with Crippen LogP contribution in [0.3, 0.4) is 0 Å². The SMILES string of the molecule is Cc1ncsc1-c1ccc(CNC(=O)[C@@H]2C[C@@H](O)CN2C(=O)[C@@H](NC(=O)CCOCCOCCOCCOCCC(=O)NCCCOC(=O)NC(Nc2ncccn2)C(Cl)(Cl)Cl)C(C)(C)C)cc1. The molecule has 1 saturated heterocycles. The van der Waals surface area contributed by atoms with Crippen LogP contribution in [0.25, 0.3) is 10.4 Å². The van der Waals surface area contributed by atoms with Gasteiger partial charge in [0.15, 0.2) is 6.17 Å². The van der Waals surface area contributed by atoms with Gasteiger partial charge >= 0.3 is 6.09 Å². The molecule has 376 valence electrons. The van der Waals surface area contributed by atoms with Crippen molar-refractivity contribution in [2.75, 3.05) is 77.9 Å². The lowest BCUT2D eigenvalue weighted by molar-refractivity contribution is -0.144. The number of aliphatic hydroxyl groups is 1. The average Bonchev–Trinajstić information content (AvgIpc) is 3.91. The van der Waals surface area contributed by atoms with Crippen molar-refractivity contribution in [3.63, 3.8) is 0 Å². The van der Waals surface area contributed by atoms with E-state index in [-0.39, 0.29) is 102 Å². The van der Waals surface area contributed by atoms with Crippen LogP contribution in [0.1, 0.15) is 57.7 Å². The third-order valence-electron chi connectivity index (χ3n) is 10.1. The molecule has 1 aliphatic rings. The van der Waals surface area contributed by atoms with Crippen molar-refractivity contribution in [1.82, 2.24) is 41.1 Å². The van der Waals surface area contributed by atoms with E-state index in [0.717, 1.165) is 21.7 Å². The van der Waals surface area contributed by atoms with Gasteiger partial charge in [0.2, 0.25) is 33.4 Å². The lowest BCUT2D eigenvalue weighted by Crippen LogP contribution is -2.57. The number of rotatable bonds is 28. The zero-order chi connectivity index (χ0) is 49.5. The van der Waals surface area contributed by atoms with Crippen LogP contribution in [-0.4, -0.2) is 155 Å². The molecule has 1 unspecified atom stereocenters. The van der Waals surface area contributed by atoms with Crippen LogP contribution >= 0.6 is 46.1 Å². The number of nitrogens with one attached hydrogen (secondary N) is 5. The van der Waals surface area contributed by atoms with Crippen molar-refractivity contribution in [1.29, 1.82) is 0 Å². The van der Waals surface area contributed by atoms with E-state index in [9.17, 15) is 29.1 Å². The van der Waals surface area contributed by atoms with Crippen molar-refractivity contribution in [3.05, 3.63) is 59.5 Å². The first kappa shape index (κ1) is 56.1. The summed E-state index contributed by atoms with van der Waals surface area (Å²) in [6.45, 7) is 9.95. The minimum atomic E-state index is -1.93. The Labute approximate surface area is 415 Å². The van der Waals surface area contributed by atoms with E-state index < -0.39 is 45.6 Å². The number of alkyl halides is 3. The minimum absolute atomic E-state index is 0.000905. The van der Waals surface area contributed by atoms with Crippen LogP contribution in [0.15, 0.2) is 48.2 Å². The molecule has 5 amide bonds. The number of β-amino-alcohol motifs (C(OH)–C–C–N with tert-alkyl or cyclic N) is 1. The highest BCUT2D eigenvalue weighted by Crippen LogP contribution is 2.31. The van der Waals surface area contributed by atoms with E-state index in [1.807, 2.05) is 52.0 Å². The van der Waals surface area contributed by atoms with Crippen LogP contribution < -0.4 is 26.6 Å². The van der Waals surface area contributed by atoms with Gasteiger partial charge < -0.3 is 55.0 Å². The molecule has 2 aromatic heterocycles. The number of aromatic nitrogens is 3. The molecular weight excluding hydrogens is 969 g/mol. The number of ether oxygens (including phenoxy) is 5. The number of amides is 5. The van der Waals surface area contributed by atoms with Crippen molar-refractivity contribution in [2.24, 2.45) is 5.41 Å². The number of aryl methyl sites for hydroxylation is 1. The molecule has 20 nitrogen and oxygen atoms in total. The van der Waals surface area contributed by atoms with Gasteiger partial charge in [-0.25, -0.2) is 19.7 Å². The van der Waals surface area contributed by atoms with Gasteiger partial charge in [0.05, 0.1) is 81.6 Å². The zero-order valence-electron chi connectivity index (χ0n) is 38.6. The molecule has 1 aromatic carbocycles. The lowest BCUT2D eigenvalue weighted by atomic mass is 9.85. The third kappa shape index (κ3) is 20.3. The molecule has 1 aliphatic heterocycles. The first-order chi connectivity index (χ1) is 32.4. The highest BCUT2D eigenvalue weighted by Gasteiger charge is 2.44. The summed E-state index contributed by atoms with van der Waals surface area (Å²) in [5, 5.41) is 24.1. The number of hydrogen-bond acceptors (Lipinski definition) is 16. The highest BCUT2D eigenvalue weighted by atomic mass is 35.6. The van der Waals surface area contributed by atoms with Gasteiger partial charge in [-0.15, -0.1) is 11.3 Å². The van der Waals surface area contributed by atoms with Crippen LogP contribution in [0, 0.1) is 12.3 Å². The van der Waals surface area contributed by atoms with Crippen molar-refractivity contribution in [2.45, 2.75) is 88.1 Å². The molecule has 4 atom stereocenters. The average molecular weight is 1030 g/mol. The molecular formula is C44H62Cl3N9O11S. The van der Waals surface area contributed by atoms with E-state index >= 15 is 0 Å². The number of nitrogens with zero attached hydrogens (tertiary/aromatic N) is 4.